The Morgan fingerprint density at radius 1 is 1.28 bits per heavy atom. The van der Waals surface area contributed by atoms with Crippen molar-refractivity contribution in [1.29, 1.82) is 0 Å². The zero-order valence-corrected chi connectivity index (χ0v) is 9.74. The van der Waals surface area contributed by atoms with Crippen LogP contribution in [0.1, 0.15) is 5.56 Å². The molecule has 0 aliphatic carbocycles. The van der Waals surface area contributed by atoms with Gasteiger partial charge in [-0.1, -0.05) is 30.3 Å². The summed E-state index contributed by atoms with van der Waals surface area (Å²) in [4.78, 5) is 26.8. The van der Waals surface area contributed by atoms with E-state index in [0.29, 0.717) is 6.08 Å². The maximum Gasteiger partial charge on any atom is 0.371 e. The average Bonchev–Trinajstić information content (AvgIpc) is 2.36. The fraction of sp³-hybridized carbons (Fsp3) is 0.167. The molecule has 0 radical (unpaired) electrons. The highest BCUT2D eigenvalue weighted by atomic mass is 16.7. The van der Waals surface area contributed by atoms with Crippen LogP contribution in [0.3, 0.4) is 0 Å². The monoisotopic (exact) mass is 251 g/mol. The van der Waals surface area contributed by atoms with E-state index in [2.05, 4.69) is 0 Å². The Balaban J connectivity index is 2.75. The van der Waals surface area contributed by atoms with Crippen molar-refractivity contribution in [2.45, 2.75) is 6.54 Å². The number of rotatable bonds is 5. The molecule has 0 saturated heterocycles. The molecule has 1 aromatic carbocycles. The van der Waals surface area contributed by atoms with Crippen LogP contribution in [0.5, 0.6) is 0 Å². The number of carboxylic acids is 1. The van der Waals surface area contributed by atoms with E-state index >= 15 is 0 Å². The molecule has 0 aromatic heterocycles. The number of benzene rings is 1. The van der Waals surface area contributed by atoms with Crippen molar-refractivity contribution in [1.82, 2.24) is 5.06 Å². The molecule has 0 atom stereocenters. The van der Waals surface area contributed by atoms with Crippen LogP contribution in [-0.2, 0) is 21.0 Å². The second kappa shape index (κ2) is 6.41. The molecule has 96 valence electrons. The Bertz CT molecular complexity index is 455. The molecule has 0 aliphatic rings. The molecule has 2 N–H and O–H groups in total. The van der Waals surface area contributed by atoms with Gasteiger partial charge >= 0.3 is 5.97 Å². The van der Waals surface area contributed by atoms with Crippen LogP contribution in [0.4, 0.5) is 0 Å². The highest BCUT2D eigenvalue weighted by Gasteiger charge is 2.14. The van der Waals surface area contributed by atoms with Crippen LogP contribution in [0, 0.1) is 0 Å². The van der Waals surface area contributed by atoms with Gasteiger partial charge in [-0.2, -0.15) is 0 Å². The number of hydroxylamine groups is 2. The van der Waals surface area contributed by atoms with Crippen molar-refractivity contribution < 1.29 is 24.6 Å². The number of hydrogen-bond acceptors (Lipinski definition) is 4. The smallest absolute Gasteiger partial charge is 0.371 e. The second-order valence-electron chi connectivity index (χ2n) is 3.38. The van der Waals surface area contributed by atoms with E-state index in [-0.39, 0.29) is 6.54 Å². The number of carboxylic acid groups (broad SMARTS) is 1. The van der Waals surface area contributed by atoms with Crippen LogP contribution in [0.25, 0.3) is 0 Å². The summed E-state index contributed by atoms with van der Waals surface area (Å²) in [6, 6.07) is 9.02. The summed E-state index contributed by atoms with van der Waals surface area (Å²) in [7, 11) is 1.28. The second-order valence-corrected chi connectivity index (χ2v) is 3.38. The number of amides is 1. The van der Waals surface area contributed by atoms with Crippen molar-refractivity contribution >= 4 is 11.9 Å². The van der Waals surface area contributed by atoms with Crippen LogP contribution in [0.15, 0.2) is 42.2 Å². The first-order chi connectivity index (χ1) is 8.54. The molecule has 18 heavy (non-hydrogen) atoms. The Morgan fingerprint density at radius 2 is 1.89 bits per heavy atom. The van der Waals surface area contributed by atoms with Gasteiger partial charge in [-0.15, -0.1) is 0 Å². The third-order valence-corrected chi connectivity index (χ3v) is 2.11. The first kappa shape index (κ1) is 13.7. The van der Waals surface area contributed by atoms with Crippen molar-refractivity contribution in [3.8, 4) is 0 Å². The van der Waals surface area contributed by atoms with Crippen molar-refractivity contribution in [3.63, 3.8) is 0 Å². The maximum atomic E-state index is 11.6. The van der Waals surface area contributed by atoms with Crippen LogP contribution in [0.2, 0.25) is 0 Å². The summed E-state index contributed by atoms with van der Waals surface area (Å²) in [5.74, 6) is -3.35. The first-order valence-electron chi connectivity index (χ1n) is 5.08. The standard InChI is InChI=1S/C12H13NO5/c1-18-13(8-9-5-3-2-4-6-9)11(15)7-10(14)12(16)17/h2-7,14H,8H2,1H3,(H,16,17). The predicted molar refractivity (Wildman–Crippen MR) is 62.3 cm³/mol. The highest BCUT2D eigenvalue weighted by Crippen LogP contribution is 2.06. The van der Waals surface area contributed by atoms with Gasteiger partial charge in [-0.25, -0.2) is 9.86 Å². The Kier molecular flexibility index (Phi) is 4.89. The molecular formula is C12H13NO5. The van der Waals surface area contributed by atoms with Gasteiger partial charge in [0.15, 0.2) is 0 Å². The molecule has 6 heteroatoms. The predicted octanol–water partition coefficient (Wildman–Crippen LogP) is 1.10. The molecule has 6 nitrogen and oxygen atoms in total. The van der Waals surface area contributed by atoms with E-state index in [1.807, 2.05) is 6.07 Å². The van der Waals surface area contributed by atoms with Gasteiger partial charge in [0.05, 0.1) is 19.7 Å². The number of aliphatic carboxylic acids is 1. The van der Waals surface area contributed by atoms with Crippen molar-refractivity contribution in [2.24, 2.45) is 0 Å². The van der Waals surface area contributed by atoms with Gasteiger partial charge in [0.1, 0.15) is 0 Å². The summed E-state index contributed by atoms with van der Waals surface area (Å²) < 4.78 is 0. The molecule has 0 heterocycles. The molecule has 0 unspecified atom stereocenters. The minimum atomic E-state index is -1.57. The lowest BCUT2D eigenvalue weighted by Crippen LogP contribution is -2.28. The number of carbonyl (C=O) groups is 2. The molecule has 1 amide bonds. The third-order valence-electron chi connectivity index (χ3n) is 2.11. The number of carbonyl (C=O) groups excluding carboxylic acids is 1. The quantitative estimate of drug-likeness (QED) is 0.465. The van der Waals surface area contributed by atoms with E-state index in [0.717, 1.165) is 10.6 Å². The Labute approximate surface area is 104 Å². The van der Waals surface area contributed by atoms with E-state index in [1.54, 1.807) is 24.3 Å². The maximum absolute atomic E-state index is 11.6. The lowest BCUT2D eigenvalue weighted by Gasteiger charge is -2.17. The van der Waals surface area contributed by atoms with Gasteiger partial charge in [-0.05, 0) is 5.56 Å². The SMILES string of the molecule is CON(Cc1ccccc1)C(=O)C=C(O)C(=O)O. The summed E-state index contributed by atoms with van der Waals surface area (Å²) in [6.07, 6.45) is 0.592. The lowest BCUT2D eigenvalue weighted by molar-refractivity contribution is -0.173. The van der Waals surface area contributed by atoms with E-state index in [9.17, 15) is 9.59 Å². The molecule has 0 aliphatic heterocycles. The normalized spacial score (nSPS) is 11.1. The molecule has 1 aromatic rings. The third kappa shape index (κ3) is 3.91. The van der Waals surface area contributed by atoms with Gasteiger partial charge in [0.2, 0.25) is 5.76 Å². The zero-order chi connectivity index (χ0) is 13.5. The van der Waals surface area contributed by atoms with Crippen molar-refractivity contribution in [3.05, 3.63) is 47.7 Å². The van der Waals surface area contributed by atoms with Crippen LogP contribution in [-0.4, -0.2) is 34.3 Å². The fourth-order valence-electron chi connectivity index (χ4n) is 1.23. The number of aliphatic hydroxyl groups excluding tert-OH is 1. The average molecular weight is 251 g/mol. The Morgan fingerprint density at radius 3 is 2.39 bits per heavy atom. The lowest BCUT2D eigenvalue weighted by atomic mass is 10.2. The molecular weight excluding hydrogens is 238 g/mol. The van der Waals surface area contributed by atoms with E-state index in [1.165, 1.54) is 7.11 Å². The zero-order valence-electron chi connectivity index (χ0n) is 9.74. The molecule has 0 saturated carbocycles. The first-order valence-corrected chi connectivity index (χ1v) is 5.08. The van der Waals surface area contributed by atoms with Gasteiger partial charge in [0.25, 0.3) is 5.91 Å². The molecule has 1 rings (SSSR count). The number of aliphatic hydroxyl groups is 1. The van der Waals surface area contributed by atoms with Gasteiger partial charge in [0, 0.05) is 0 Å². The summed E-state index contributed by atoms with van der Waals surface area (Å²) in [5.41, 5.74) is 0.816. The van der Waals surface area contributed by atoms with Gasteiger partial charge < -0.3 is 10.2 Å². The minimum absolute atomic E-state index is 0.152. The van der Waals surface area contributed by atoms with Crippen LogP contribution >= 0.6 is 0 Å². The molecule has 0 bridgehead atoms. The van der Waals surface area contributed by atoms with Gasteiger partial charge in [-0.3, -0.25) is 9.63 Å². The van der Waals surface area contributed by atoms with Crippen molar-refractivity contribution in [2.75, 3.05) is 7.11 Å². The largest absolute Gasteiger partial charge is 0.502 e. The highest BCUT2D eigenvalue weighted by molar-refractivity contribution is 5.95. The Hall–Kier alpha value is -2.34. The topological polar surface area (TPSA) is 87.1 Å². The molecule has 0 fully saturated rings. The summed E-state index contributed by atoms with van der Waals surface area (Å²) in [5, 5.41) is 18.4. The van der Waals surface area contributed by atoms with E-state index in [4.69, 9.17) is 15.1 Å². The van der Waals surface area contributed by atoms with Crippen LogP contribution < -0.4 is 0 Å². The summed E-state index contributed by atoms with van der Waals surface area (Å²) in [6.45, 7) is 0.152. The van der Waals surface area contributed by atoms with E-state index < -0.39 is 17.6 Å². The minimum Gasteiger partial charge on any atom is -0.502 e. The summed E-state index contributed by atoms with van der Waals surface area (Å²) >= 11 is 0. The number of hydrogen-bond donors (Lipinski definition) is 2. The molecule has 0 spiro atoms. The number of nitrogens with zero attached hydrogens (tertiary/aromatic N) is 1. The fourth-order valence-corrected chi connectivity index (χ4v) is 1.23.